The highest BCUT2D eigenvalue weighted by atomic mass is 16.6. The smallest absolute Gasteiger partial charge is 0.339 e. The molecule has 0 saturated heterocycles. The summed E-state index contributed by atoms with van der Waals surface area (Å²) in [5.41, 5.74) is -2.32. The van der Waals surface area contributed by atoms with E-state index >= 15 is 0 Å². The molecule has 30 heavy (non-hydrogen) atoms. The Kier molecular flexibility index (Phi) is 5.35. The molecular formula is C20H16N2O8. The Morgan fingerprint density at radius 3 is 2.07 bits per heavy atom. The third-order valence-corrected chi connectivity index (χ3v) is 4.78. The van der Waals surface area contributed by atoms with Gasteiger partial charge in [-0.05, 0) is 35.9 Å². The maximum atomic E-state index is 13.1. The lowest BCUT2D eigenvalue weighted by Gasteiger charge is -2.22. The van der Waals surface area contributed by atoms with Crippen LogP contribution in [0.5, 0.6) is 5.75 Å². The van der Waals surface area contributed by atoms with Crippen molar-refractivity contribution in [2.24, 2.45) is 0 Å². The van der Waals surface area contributed by atoms with Gasteiger partial charge in [0.15, 0.2) is 5.78 Å². The van der Waals surface area contributed by atoms with Crippen LogP contribution in [0.15, 0.2) is 60.2 Å². The Morgan fingerprint density at radius 1 is 1.03 bits per heavy atom. The molecule has 1 aliphatic rings. The highest BCUT2D eigenvalue weighted by Crippen LogP contribution is 2.36. The molecule has 0 aliphatic carbocycles. The second-order valence-electron chi connectivity index (χ2n) is 6.50. The first-order valence-corrected chi connectivity index (χ1v) is 8.60. The molecule has 2 aromatic carbocycles. The molecule has 3 N–H and O–H groups in total. The molecule has 10 heteroatoms. The second kappa shape index (κ2) is 7.76. The number of ketones is 1. The fourth-order valence-electron chi connectivity index (χ4n) is 3.16. The fraction of sp³-hybridized carbons (Fsp3) is 0.150. The summed E-state index contributed by atoms with van der Waals surface area (Å²) in [6.07, 6.45) is 0.871. The number of carboxylic acid groups (broad SMARTS) is 2. The molecule has 1 aliphatic heterocycles. The zero-order chi connectivity index (χ0) is 22.1. The van der Waals surface area contributed by atoms with Crippen molar-refractivity contribution in [1.82, 2.24) is 5.32 Å². The van der Waals surface area contributed by atoms with Gasteiger partial charge in [0.05, 0.1) is 18.1 Å². The average molecular weight is 412 g/mol. The van der Waals surface area contributed by atoms with E-state index in [1.807, 2.05) is 0 Å². The van der Waals surface area contributed by atoms with Gasteiger partial charge in [0.25, 0.3) is 5.69 Å². The van der Waals surface area contributed by atoms with E-state index in [4.69, 9.17) is 4.74 Å². The van der Waals surface area contributed by atoms with E-state index in [2.05, 4.69) is 5.32 Å². The number of nitro groups is 1. The summed E-state index contributed by atoms with van der Waals surface area (Å²) in [6, 6.07) is 9.97. The van der Waals surface area contributed by atoms with Gasteiger partial charge >= 0.3 is 11.9 Å². The van der Waals surface area contributed by atoms with Crippen molar-refractivity contribution in [3.8, 4) is 5.75 Å². The summed E-state index contributed by atoms with van der Waals surface area (Å²) in [7, 11) is 1.46. The predicted octanol–water partition coefficient (Wildman–Crippen LogP) is 1.97. The summed E-state index contributed by atoms with van der Waals surface area (Å²) in [5.74, 6) is -3.47. The largest absolute Gasteiger partial charge is 0.497 e. The zero-order valence-corrected chi connectivity index (χ0v) is 15.6. The van der Waals surface area contributed by atoms with Gasteiger partial charge in [-0.25, -0.2) is 9.59 Å². The minimum absolute atomic E-state index is 0.0983. The van der Waals surface area contributed by atoms with E-state index in [0.29, 0.717) is 11.3 Å². The summed E-state index contributed by atoms with van der Waals surface area (Å²) in [4.78, 5) is 46.9. The molecule has 10 nitrogen and oxygen atoms in total. The normalized spacial score (nSPS) is 17.1. The van der Waals surface area contributed by atoms with Crippen LogP contribution >= 0.6 is 0 Å². The number of nitro benzene ring substituents is 1. The molecule has 0 saturated carbocycles. The van der Waals surface area contributed by atoms with Gasteiger partial charge in [0.2, 0.25) is 5.54 Å². The number of nitrogens with one attached hydrogen (secondary N) is 1. The van der Waals surface area contributed by atoms with E-state index in [9.17, 15) is 34.7 Å². The first-order valence-electron chi connectivity index (χ1n) is 8.60. The summed E-state index contributed by atoms with van der Waals surface area (Å²) >= 11 is 0. The number of Topliss-reactive ketones (excluding diaryl/α,β-unsaturated/α-hetero) is 1. The molecule has 0 spiro atoms. The van der Waals surface area contributed by atoms with Gasteiger partial charge < -0.3 is 14.9 Å². The molecule has 1 atom stereocenters. The van der Waals surface area contributed by atoms with E-state index in [0.717, 1.165) is 6.08 Å². The van der Waals surface area contributed by atoms with Crippen molar-refractivity contribution in [3.63, 3.8) is 0 Å². The Bertz CT molecular complexity index is 1040. The molecule has 0 unspecified atom stereocenters. The van der Waals surface area contributed by atoms with Crippen LogP contribution in [0.3, 0.4) is 0 Å². The highest BCUT2D eigenvalue weighted by Gasteiger charge is 2.52. The third kappa shape index (κ3) is 3.51. The number of rotatable bonds is 7. The molecule has 0 fully saturated rings. The van der Waals surface area contributed by atoms with Crippen molar-refractivity contribution in [1.29, 1.82) is 0 Å². The van der Waals surface area contributed by atoms with Gasteiger partial charge in [0.1, 0.15) is 5.75 Å². The quantitative estimate of drug-likeness (QED) is 0.268. The lowest BCUT2D eigenvalue weighted by Crippen LogP contribution is -2.54. The number of hydrogen-bond acceptors (Lipinski definition) is 7. The fourth-order valence-corrected chi connectivity index (χ4v) is 3.16. The van der Waals surface area contributed by atoms with Crippen LogP contribution in [0.1, 0.15) is 22.0 Å². The number of aliphatic carboxylic acids is 2. The van der Waals surface area contributed by atoms with E-state index in [1.54, 1.807) is 12.1 Å². The van der Waals surface area contributed by atoms with Crippen molar-refractivity contribution in [2.45, 2.75) is 11.6 Å². The number of ether oxygens (including phenoxy) is 1. The van der Waals surface area contributed by atoms with Crippen LogP contribution < -0.4 is 10.1 Å². The van der Waals surface area contributed by atoms with Gasteiger partial charge in [0, 0.05) is 23.3 Å². The molecule has 0 amide bonds. The van der Waals surface area contributed by atoms with Crippen LogP contribution in [0.25, 0.3) is 0 Å². The van der Waals surface area contributed by atoms with Gasteiger partial charge in [-0.1, -0.05) is 12.1 Å². The Labute approximate surface area is 169 Å². The van der Waals surface area contributed by atoms with Crippen LogP contribution in [-0.2, 0) is 9.59 Å². The number of nitrogens with zero attached hydrogens (tertiary/aromatic N) is 1. The monoisotopic (exact) mass is 412 g/mol. The Balaban J connectivity index is 2.09. The number of carbonyl (C=O) groups excluding carboxylic acids is 1. The molecule has 0 aromatic heterocycles. The maximum Gasteiger partial charge on any atom is 0.339 e. The zero-order valence-electron chi connectivity index (χ0n) is 15.6. The molecular weight excluding hydrogens is 396 g/mol. The van der Waals surface area contributed by atoms with E-state index in [1.165, 1.54) is 43.5 Å². The summed E-state index contributed by atoms with van der Waals surface area (Å²) in [5, 5.41) is 32.5. The topological polar surface area (TPSA) is 156 Å². The summed E-state index contributed by atoms with van der Waals surface area (Å²) < 4.78 is 5.04. The lowest BCUT2D eigenvalue weighted by molar-refractivity contribution is -0.384. The van der Waals surface area contributed by atoms with Crippen LogP contribution in [0.2, 0.25) is 0 Å². The Morgan fingerprint density at radius 2 is 1.60 bits per heavy atom. The number of non-ortho nitro benzene ring substituents is 1. The SMILES string of the molecule is COc1ccc(C(=O)C2=CC(C(=O)O)(C(=O)O)N[C@@H]2c2ccc([N+](=O)[O-])cc2)cc1. The van der Waals surface area contributed by atoms with E-state index < -0.39 is 34.2 Å². The summed E-state index contributed by atoms with van der Waals surface area (Å²) in [6.45, 7) is 0. The van der Waals surface area contributed by atoms with Crippen molar-refractivity contribution in [3.05, 3.63) is 81.4 Å². The van der Waals surface area contributed by atoms with Crippen LogP contribution in [0.4, 0.5) is 5.69 Å². The first kappa shape index (κ1) is 20.7. The van der Waals surface area contributed by atoms with Crippen LogP contribution in [-0.4, -0.2) is 45.5 Å². The molecule has 154 valence electrons. The number of hydrogen-bond donors (Lipinski definition) is 3. The minimum Gasteiger partial charge on any atom is -0.497 e. The number of methoxy groups -OCH3 is 1. The predicted molar refractivity (Wildman–Crippen MR) is 102 cm³/mol. The van der Waals surface area contributed by atoms with Crippen molar-refractivity contribution >= 4 is 23.4 Å². The van der Waals surface area contributed by atoms with Gasteiger partial charge in [-0.3, -0.25) is 20.2 Å². The maximum absolute atomic E-state index is 13.1. The number of carbonyl (C=O) groups is 3. The van der Waals surface area contributed by atoms with Gasteiger partial charge in [-0.2, -0.15) is 0 Å². The molecule has 3 rings (SSSR count). The highest BCUT2D eigenvalue weighted by molar-refractivity contribution is 6.14. The standard InChI is InChI=1S/C20H16N2O8/c1-30-14-8-4-12(5-9-14)17(23)15-10-20(18(24)25,19(26)27)21-16(15)11-2-6-13(7-3-11)22(28)29/h2-10,16,21H,1H3,(H,24,25)(H,26,27)/t16-/m1/s1. The third-order valence-electron chi connectivity index (χ3n) is 4.78. The minimum atomic E-state index is -2.52. The van der Waals surface area contributed by atoms with Crippen molar-refractivity contribution < 1.29 is 34.3 Å². The number of carboxylic acids is 2. The van der Waals surface area contributed by atoms with Crippen molar-refractivity contribution in [2.75, 3.05) is 7.11 Å². The van der Waals surface area contributed by atoms with E-state index in [-0.39, 0.29) is 16.8 Å². The number of benzene rings is 2. The molecule has 0 radical (unpaired) electrons. The first-order chi connectivity index (χ1) is 14.2. The molecule has 0 bridgehead atoms. The molecule has 2 aromatic rings. The van der Waals surface area contributed by atoms with Crippen LogP contribution in [0, 0.1) is 10.1 Å². The second-order valence-corrected chi connectivity index (χ2v) is 6.50. The average Bonchev–Trinajstić information content (AvgIpc) is 3.16. The molecule has 1 heterocycles. The van der Waals surface area contributed by atoms with Gasteiger partial charge in [-0.15, -0.1) is 0 Å². The Hall–Kier alpha value is -4.05. The lowest BCUT2D eigenvalue weighted by atomic mass is 9.93.